The van der Waals surface area contributed by atoms with Gasteiger partial charge in [0.15, 0.2) is 23.0 Å². The monoisotopic (exact) mass is 805 g/mol. The third-order valence-electron chi connectivity index (χ3n) is 10.2. The summed E-state index contributed by atoms with van der Waals surface area (Å²) in [4.78, 5) is 32.2. The van der Waals surface area contributed by atoms with Crippen LogP contribution >= 0.6 is 0 Å². The van der Waals surface area contributed by atoms with E-state index in [4.69, 9.17) is 31.9 Å². The van der Waals surface area contributed by atoms with E-state index < -0.39 is 0 Å². The second-order valence-corrected chi connectivity index (χ2v) is 14.8. The van der Waals surface area contributed by atoms with Crippen molar-refractivity contribution in [1.82, 2.24) is 44.4 Å². The molecule has 0 bridgehead atoms. The maximum atomic E-state index is 14.7. The SMILES string of the molecule is C#Cc1ccc2c(c1)C(c1ccccc1F)=NCc1c(-c3nc(C(C)C)no3)ncn1-2.C#Cc1ccc2c(c1)C(c1ccccn1)=NCc1c(-c3nc(C(C)C)no3)ncn1-2. The van der Waals surface area contributed by atoms with Crippen LogP contribution in [0.1, 0.15) is 96.1 Å². The molecule has 8 aromatic rings. The number of aliphatic imine (C=N–C) groups is 2. The fourth-order valence-corrected chi connectivity index (χ4v) is 7.09. The predicted molar refractivity (Wildman–Crippen MR) is 227 cm³/mol. The first kappa shape index (κ1) is 38.4. The fraction of sp³-hybridized carbons (Fsp3) is 0.170. The number of benzene rings is 3. The Morgan fingerprint density at radius 3 is 1.64 bits per heavy atom. The van der Waals surface area contributed by atoms with E-state index in [1.165, 1.54) is 6.07 Å². The molecule has 61 heavy (non-hydrogen) atoms. The lowest BCUT2D eigenvalue weighted by Gasteiger charge is -2.12. The molecule has 0 amide bonds. The second kappa shape index (κ2) is 15.9. The van der Waals surface area contributed by atoms with Crippen molar-refractivity contribution < 1.29 is 13.4 Å². The lowest BCUT2D eigenvalue weighted by Crippen LogP contribution is -2.09. The van der Waals surface area contributed by atoms with Crippen molar-refractivity contribution in [1.29, 1.82) is 0 Å². The summed E-state index contributed by atoms with van der Waals surface area (Å²) in [6, 6.07) is 23.8. The Bertz CT molecular complexity index is 3100. The standard InChI is InChI=1S/C24H18FN5O.C23H18N6O/c1-4-15-9-10-19-17(11-15)21(16-7-5-6-8-18(16)25)26-12-20-22(27-13-30(19)20)24-28-23(14(2)3)29-31-24;1-4-15-8-9-18-16(11-15)20(17-7-5-6-10-24-17)25-12-19-21(26-13-29(18)19)23-27-22(14(2)3)28-30-23/h1,5-11,13-14H,12H2,2-3H3;1,5-11,13-14H,12H2,2-3H3. The van der Waals surface area contributed by atoms with Gasteiger partial charge in [-0.15, -0.1) is 12.8 Å². The van der Waals surface area contributed by atoms with Gasteiger partial charge >= 0.3 is 0 Å². The number of fused-ring (bicyclic) bond motifs is 6. The highest BCUT2D eigenvalue weighted by atomic mass is 19.1. The fourth-order valence-electron chi connectivity index (χ4n) is 7.09. The van der Waals surface area contributed by atoms with Gasteiger partial charge in [0.1, 0.15) is 18.5 Å². The van der Waals surface area contributed by atoms with Crippen molar-refractivity contribution in [3.63, 3.8) is 0 Å². The van der Waals surface area contributed by atoms with Gasteiger partial charge in [-0.25, -0.2) is 14.4 Å². The van der Waals surface area contributed by atoms with Crippen molar-refractivity contribution in [3.8, 4) is 59.2 Å². The molecular weight excluding hydrogens is 770 g/mol. The molecule has 7 heterocycles. The number of terminal acetylenes is 2. The molecule has 0 N–H and O–H groups in total. The van der Waals surface area contributed by atoms with E-state index in [0.29, 0.717) is 58.2 Å². The van der Waals surface area contributed by atoms with Crippen molar-refractivity contribution in [3.05, 3.63) is 160 Å². The first-order chi connectivity index (χ1) is 29.7. The zero-order valence-corrected chi connectivity index (χ0v) is 33.6. The van der Waals surface area contributed by atoms with Gasteiger partial charge in [0, 0.05) is 45.8 Å². The summed E-state index contributed by atoms with van der Waals surface area (Å²) in [5.74, 6) is 7.30. The number of imidazole rings is 2. The second-order valence-electron chi connectivity index (χ2n) is 14.8. The number of hydrogen-bond acceptors (Lipinski definition) is 11. The molecule has 14 heteroatoms. The van der Waals surface area contributed by atoms with Crippen molar-refractivity contribution >= 4 is 11.4 Å². The average Bonchev–Trinajstić information content (AvgIpc) is 4.10. The van der Waals surface area contributed by atoms with Crippen LogP contribution < -0.4 is 0 Å². The van der Waals surface area contributed by atoms with E-state index in [2.05, 4.69) is 47.1 Å². The molecule has 0 unspecified atom stereocenters. The minimum absolute atomic E-state index is 0.132. The Hall–Kier alpha value is -8.10. The van der Waals surface area contributed by atoms with Crippen LogP contribution in [0, 0.1) is 30.5 Å². The van der Waals surface area contributed by atoms with Gasteiger partial charge in [0.05, 0.1) is 53.0 Å². The minimum atomic E-state index is -0.346. The molecule has 0 spiro atoms. The summed E-state index contributed by atoms with van der Waals surface area (Å²) < 4.78 is 29.6. The number of halogens is 1. The van der Waals surface area contributed by atoms with Gasteiger partial charge in [-0.3, -0.25) is 24.1 Å². The molecule has 0 radical (unpaired) electrons. The Labute approximate surface area is 350 Å². The Morgan fingerprint density at radius 2 is 1.15 bits per heavy atom. The van der Waals surface area contributed by atoms with Crippen molar-refractivity contribution in [2.75, 3.05) is 0 Å². The number of nitrogens with zero attached hydrogens (tertiary/aromatic N) is 11. The van der Waals surface area contributed by atoms with Crippen LogP contribution in [0.3, 0.4) is 0 Å². The van der Waals surface area contributed by atoms with E-state index in [1.54, 1.807) is 37.1 Å². The van der Waals surface area contributed by atoms with Crippen LogP contribution in [0.5, 0.6) is 0 Å². The van der Waals surface area contributed by atoms with Crippen molar-refractivity contribution in [2.24, 2.45) is 9.98 Å². The molecule has 13 nitrogen and oxygen atoms in total. The Morgan fingerprint density at radius 1 is 0.623 bits per heavy atom. The molecule has 0 fully saturated rings. The van der Waals surface area contributed by atoms with Crippen LogP contribution in [0.2, 0.25) is 0 Å². The average molecular weight is 806 g/mol. The molecule has 0 saturated heterocycles. The predicted octanol–water partition coefficient (Wildman–Crippen LogP) is 8.29. The van der Waals surface area contributed by atoms with Crippen molar-refractivity contribution in [2.45, 2.75) is 52.6 Å². The highest BCUT2D eigenvalue weighted by Crippen LogP contribution is 2.33. The molecule has 5 aromatic heterocycles. The normalized spacial score (nSPS) is 12.7. The summed E-state index contributed by atoms with van der Waals surface area (Å²) in [6.45, 7) is 8.68. The zero-order chi connectivity index (χ0) is 42.2. The van der Waals surface area contributed by atoms with Gasteiger partial charge in [-0.1, -0.05) is 68.0 Å². The molecule has 298 valence electrons. The molecular formula is C47H36FN11O2. The van der Waals surface area contributed by atoms with E-state index >= 15 is 0 Å². The summed E-state index contributed by atoms with van der Waals surface area (Å²) in [5.41, 5.74) is 10.2. The minimum Gasteiger partial charge on any atom is -0.332 e. The maximum absolute atomic E-state index is 14.7. The van der Waals surface area contributed by atoms with Gasteiger partial charge < -0.3 is 9.05 Å². The number of rotatable bonds is 6. The number of pyridine rings is 1. The lowest BCUT2D eigenvalue weighted by molar-refractivity contribution is 0.417. The first-order valence-corrected chi connectivity index (χ1v) is 19.5. The smallest absolute Gasteiger partial charge is 0.278 e. The molecule has 10 rings (SSSR count). The van der Waals surface area contributed by atoms with Crippen LogP contribution in [0.4, 0.5) is 4.39 Å². The van der Waals surface area contributed by atoms with E-state index in [0.717, 1.165) is 50.9 Å². The summed E-state index contributed by atoms with van der Waals surface area (Å²) in [6.07, 6.45) is 16.5. The van der Waals surface area contributed by atoms with E-state index in [-0.39, 0.29) is 24.2 Å². The summed E-state index contributed by atoms with van der Waals surface area (Å²) >= 11 is 0. The molecule has 0 atom stereocenters. The maximum Gasteiger partial charge on any atom is 0.278 e. The highest BCUT2D eigenvalue weighted by Gasteiger charge is 2.28. The number of aromatic nitrogens is 9. The van der Waals surface area contributed by atoms with Crippen LogP contribution in [0.15, 0.2) is 117 Å². The molecule has 0 saturated carbocycles. The Balaban J connectivity index is 0.000000156. The third-order valence-corrected chi connectivity index (χ3v) is 10.2. The van der Waals surface area contributed by atoms with Gasteiger partial charge in [-0.2, -0.15) is 9.97 Å². The molecule has 2 aliphatic heterocycles. The highest BCUT2D eigenvalue weighted by molar-refractivity contribution is 6.16. The quantitative estimate of drug-likeness (QED) is 0.151. The zero-order valence-electron chi connectivity index (χ0n) is 33.6. The largest absolute Gasteiger partial charge is 0.332 e. The molecule has 3 aromatic carbocycles. The van der Waals surface area contributed by atoms with Crippen LogP contribution in [-0.2, 0) is 13.1 Å². The Kier molecular flexibility index (Phi) is 10.0. The van der Waals surface area contributed by atoms with Gasteiger partial charge in [-0.05, 0) is 60.7 Å². The first-order valence-electron chi connectivity index (χ1n) is 19.5. The number of hydrogen-bond donors (Lipinski definition) is 0. The van der Waals surface area contributed by atoms with Gasteiger partial charge in [0.25, 0.3) is 11.8 Å². The van der Waals surface area contributed by atoms with E-state index in [1.807, 2.05) is 91.4 Å². The van der Waals surface area contributed by atoms with Crippen LogP contribution in [0.25, 0.3) is 34.5 Å². The topological polar surface area (TPSA) is 151 Å². The van der Waals surface area contributed by atoms with Gasteiger partial charge in [0.2, 0.25) is 0 Å². The van der Waals surface area contributed by atoms with E-state index in [9.17, 15) is 4.39 Å². The third kappa shape index (κ3) is 7.10. The van der Waals surface area contributed by atoms with Crippen LogP contribution in [-0.4, -0.2) is 55.8 Å². The summed E-state index contributed by atoms with van der Waals surface area (Å²) in [7, 11) is 0. The molecule has 0 aliphatic carbocycles. The summed E-state index contributed by atoms with van der Waals surface area (Å²) in [5, 5.41) is 8.11. The molecule has 2 aliphatic rings. The lowest BCUT2D eigenvalue weighted by atomic mass is 9.98.